The molecule has 0 aliphatic rings. The first-order valence-electron chi connectivity index (χ1n) is 5.45. The second-order valence-electron chi connectivity index (χ2n) is 4.02. The highest BCUT2D eigenvalue weighted by Gasteiger charge is 2.44. The SMILES string of the molecule is FC(F)(F)c1cccc(-c2c[c]ccc2)c1C(F)(F)F. The second kappa shape index (κ2) is 4.85. The smallest absolute Gasteiger partial charge is 0.166 e. The second-order valence-corrected chi connectivity index (χ2v) is 4.02. The first kappa shape index (κ1) is 14.4. The van der Waals surface area contributed by atoms with Crippen LogP contribution in [0, 0.1) is 6.07 Å². The number of rotatable bonds is 1. The highest BCUT2D eigenvalue weighted by molar-refractivity contribution is 5.69. The predicted octanol–water partition coefficient (Wildman–Crippen LogP) is 5.19. The lowest BCUT2D eigenvalue weighted by Gasteiger charge is -2.19. The van der Waals surface area contributed by atoms with Crippen LogP contribution in [-0.2, 0) is 12.4 Å². The van der Waals surface area contributed by atoms with E-state index in [2.05, 4.69) is 6.07 Å². The van der Waals surface area contributed by atoms with Crippen LogP contribution in [0.4, 0.5) is 26.3 Å². The van der Waals surface area contributed by atoms with Crippen molar-refractivity contribution in [1.29, 1.82) is 0 Å². The van der Waals surface area contributed by atoms with E-state index in [0.29, 0.717) is 6.07 Å². The minimum Gasteiger partial charge on any atom is -0.166 e. The van der Waals surface area contributed by atoms with Crippen LogP contribution in [-0.4, -0.2) is 0 Å². The van der Waals surface area contributed by atoms with Crippen LogP contribution in [0.15, 0.2) is 42.5 Å². The molecule has 2 rings (SSSR count). The lowest BCUT2D eigenvalue weighted by molar-refractivity contribution is -0.161. The highest BCUT2D eigenvalue weighted by Crippen LogP contribution is 2.44. The number of halogens is 6. The molecule has 0 saturated carbocycles. The maximum absolute atomic E-state index is 13.0. The van der Waals surface area contributed by atoms with Crippen LogP contribution in [0.3, 0.4) is 0 Å². The van der Waals surface area contributed by atoms with Crippen molar-refractivity contribution in [2.24, 2.45) is 0 Å². The van der Waals surface area contributed by atoms with E-state index in [1.165, 1.54) is 24.3 Å². The summed E-state index contributed by atoms with van der Waals surface area (Å²) in [5.74, 6) is 0. The van der Waals surface area contributed by atoms with E-state index >= 15 is 0 Å². The van der Waals surface area contributed by atoms with Gasteiger partial charge in [-0.25, -0.2) is 0 Å². The minimum atomic E-state index is -5.10. The Morgan fingerprint density at radius 2 is 1.50 bits per heavy atom. The van der Waals surface area contributed by atoms with Gasteiger partial charge in [0.1, 0.15) is 0 Å². The highest BCUT2D eigenvalue weighted by atomic mass is 19.4. The Hall–Kier alpha value is -1.98. The van der Waals surface area contributed by atoms with Gasteiger partial charge in [0.25, 0.3) is 0 Å². The van der Waals surface area contributed by atoms with Crippen LogP contribution in [0.2, 0.25) is 0 Å². The van der Waals surface area contributed by atoms with E-state index in [4.69, 9.17) is 0 Å². The maximum atomic E-state index is 13.0. The number of benzene rings is 2. The summed E-state index contributed by atoms with van der Waals surface area (Å²) in [5, 5.41) is 0. The normalized spacial score (nSPS) is 12.5. The zero-order valence-corrected chi connectivity index (χ0v) is 9.81. The molecule has 0 aliphatic carbocycles. The largest absolute Gasteiger partial charge is 0.417 e. The molecule has 0 nitrogen and oxygen atoms in total. The topological polar surface area (TPSA) is 0 Å². The Morgan fingerprint density at radius 3 is 2.00 bits per heavy atom. The van der Waals surface area contributed by atoms with Crippen molar-refractivity contribution in [3.63, 3.8) is 0 Å². The molecule has 0 unspecified atom stereocenters. The zero-order chi connectivity index (χ0) is 15.0. The van der Waals surface area contributed by atoms with Crippen LogP contribution in [0.5, 0.6) is 0 Å². The third-order valence-electron chi connectivity index (χ3n) is 2.67. The fourth-order valence-electron chi connectivity index (χ4n) is 1.90. The van der Waals surface area contributed by atoms with Crippen molar-refractivity contribution in [2.75, 3.05) is 0 Å². The third-order valence-corrected chi connectivity index (χ3v) is 2.67. The Morgan fingerprint density at radius 1 is 0.800 bits per heavy atom. The molecule has 0 bridgehead atoms. The molecule has 0 aromatic heterocycles. The van der Waals surface area contributed by atoms with E-state index in [-0.39, 0.29) is 5.56 Å². The average molecular weight is 289 g/mol. The van der Waals surface area contributed by atoms with Crippen molar-refractivity contribution < 1.29 is 26.3 Å². The molecule has 6 heteroatoms. The summed E-state index contributed by atoms with van der Waals surface area (Å²) < 4.78 is 77.3. The van der Waals surface area contributed by atoms with Gasteiger partial charge in [0.05, 0.1) is 11.1 Å². The van der Waals surface area contributed by atoms with Crippen LogP contribution in [0.1, 0.15) is 11.1 Å². The van der Waals surface area contributed by atoms with Crippen molar-refractivity contribution in [1.82, 2.24) is 0 Å². The summed E-state index contributed by atoms with van der Waals surface area (Å²) in [6, 6.07) is 10.3. The monoisotopic (exact) mass is 289 g/mol. The summed E-state index contributed by atoms with van der Waals surface area (Å²) in [4.78, 5) is 0. The van der Waals surface area contributed by atoms with E-state index in [1.807, 2.05) is 0 Å². The van der Waals surface area contributed by atoms with Gasteiger partial charge in [-0.3, -0.25) is 0 Å². The summed E-state index contributed by atoms with van der Waals surface area (Å²) >= 11 is 0. The molecule has 0 N–H and O–H groups in total. The summed E-state index contributed by atoms with van der Waals surface area (Å²) in [6.45, 7) is 0. The fourth-order valence-corrected chi connectivity index (χ4v) is 1.90. The molecule has 0 heterocycles. The van der Waals surface area contributed by atoms with Gasteiger partial charge in [-0.15, -0.1) is 0 Å². The van der Waals surface area contributed by atoms with Gasteiger partial charge in [0, 0.05) is 0 Å². The number of hydrogen-bond donors (Lipinski definition) is 0. The van der Waals surface area contributed by atoms with Gasteiger partial charge in [-0.2, -0.15) is 26.3 Å². The molecule has 0 aliphatic heterocycles. The molecule has 20 heavy (non-hydrogen) atoms. The quantitative estimate of drug-likeness (QED) is 0.634. The summed E-state index contributed by atoms with van der Waals surface area (Å²) in [6.07, 6.45) is -10.2. The van der Waals surface area contributed by atoms with Crippen LogP contribution >= 0.6 is 0 Å². The maximum Gasteiger partial charge on any atom is 0.417 e. The van der Waals surface area contributed by atoms with Gasteiger partial charge in [-0.05, 0) is 29.3 Å². The number of hydrogen-bond acceptors (Lipinski definition) is 0. The Labute approximate surface area is 110 Å². The molecule has 105 valence electrons. The van der Waals surface area contributed by atoms with Crippen molar-refractivity contribution >= 4 is 0 Å². The molecule has 0 amide bonds. The lowest BCUT2D eigenvalue weighted by atomic mass is 9.94. The van der Waals surface area contributed by atoms with E-state index < -0.39 is 29.0 Å². The molecule has 1 radical (unpaired) electrons. The zero-order valence-electron chi connectivity index (χ0n) is 9.81. The third kappa shape index (κ3) is 2.79. The number of alkyl halides is 6. The first-order chi connectivity index (χ1) is 9.21. The molecule has 0 spiro atoms. The van der Waals surface area contributed by atoms with Crippen molar-refractivity contribution in [2.45, 2.75) is 12.4 Å². The molecule has 0 saturated heterocycles. The Kier molecular flexibility index (Phi) is 3.50. The summed E-state index contributed by atoms with van der Waals surface area (Å²) in [5.41, 5.74) is -3.84. The van der Waals surface area contributed by atoms with Crippen molar-refractivity contribution in [3.8, 4) is 11.1 Å². The van der Waals surface area contributed by atoms with E-state index in [9.17, 15) is 26.3 Å². The Bertz CT molecular complexity index is 595. The van der Waals surface area contributed by atoms with Gasteiger partial charge >= 0.3 is 12.4 Å². The Balaban J connectivity index is 2.77. The molecular formula is C14H7F6. The van der Waals surface area contributed by atoms with E-state index in [0.717, 1.165) is 12.1 Å². The molecule has 0 atom stereocenters. The predicted molar refractivity (Wildman–Crippen MR) is 60.7 cm³/mol. The summed E-state index contributed by atoms with van der Waals surface area (Å²) in [7, 11) is 0. The molecule has 2 aromatic rings. The average Bonchev–Trinajstić information content (AvgIpc) is 2.37. The fraction of sp³-hybridized carbons (Fsp3) is 0.143. The van der Waals surface area contributed by atoms with Gasteiger partial charge in [0.15, 0.2) is 0 Å². The molecule has 0 fully saturated rings. The van der Waals surface area contributed by atoms with Gasteiger partial charge in [0.2, 0.25) is 0 Å². The molecule has 2 aromatic carbocycles. The van der Waals surface area contributed by atoms with Gasteiger partial charge in [-0.1, -0.05) is 30.3 Å². The lowest BCUT2D eigenvalue weighted by Crippen LogP contribution is -2.17. The molecular weight excluding hydrogens is 282 g/mol. The van der Waals surface area contributed by atoms with Crippen molar-refractivity contribution in [3.05, 3.63) is 59.7 Å². The van der Waals surface area contributed by atoms with Crippen LogP contribution < -0.4 is 0 Å². The van der Waals surface area contributed by atoms with Gasteiger partial charge < -0.3 is 0 Å². The van der Waals surface area contributed by atoms with E-state index in [1.54, 1.807) is 0 Å². The standard InChI is InChI=1S/C14H7F6/c15-13(16,17)11-8-4-7-10(12(11)14(18,19)20)9-5-2-1-3-6-9/h1-2,4-8H. The minimum absolute atomic E-state index is 0.0333. The van der Waals surface area contributed by atoms with Crippen LogP contribution in [0.25, 0.3) is 11.1 Å². The first-order valence-corrected chi connectivity index (χ1v) is 5.45.